The molecular weight excluding hydrogens is 156 g/mol. The van der Waals surface area contributed by atoms with Crippen LogP contribution in [0, 0.1) is 6.92 Å². The highest BCUT2D eigenvalue weighted by Gasteiger charge is 2.02. The Bertz CT molecular complexity index is 348. The van der Waals surface area contributed by atoms with Crippen molar-refractivity contribution >= 4 is 0 Å². The molecule has 0 aromatic carbocycles. The van der Waals surface area contributed by atoms with Crippen molar-refractivity contribution in [2.75, 3.05) is 0 Å². The van der Waals surface area contributed by atoms with Crippen LogP contribution in [-0.4, -0.2) is 30.4 Å². The zero-order chi connectivity index (χ0) is 8.39. The Kier molecular flexibility index (Phi) is 1.58. The average molecular weight is 164 g/mol. The molecule has 2 aromatic heterocycles. The molecule has 2 rings (SSSR count). The van der Waals surface area contributed by atoms with Crippen molar-refractivity contribution in [3.63, 3.8) is 0 Å². The maximum Gasteiger partial charge on any atom is 0.138 e. The SMILES string of the molecule is Cc1nnc(Cc2nnc[nH]2)[nH]1. The summed E-state index contributed by atoms with van der Waals surface area (Å²) >= 11 is 0. The maximum atomic E-state index is 3.90. The predicted molar refractivity (Wildman–Crippen MR) is 40.3 cm³/mol. The van der Waals surface area contributed by atoms with E-state index in [0.717, 1.165) is 17.5 Å². The van der Waals surface area contributed by atoms with Gasteiger partial charge in [0.1, 0.15) is 23.8 Å². The summed E-state index contributed by atoms with van der Waals surface area (Å²) in [6.07, 6.45) is 2.15. The Morgan fingerprint density at radius 2 is 2.17 bits per heavy atom. The van der Waals surface area contributed by atoms with Gasteiger partial charge in [-0.25, -0.2) is 0 Å². The predicted octanol–water partition coefficient (Wildman–Crippen LogP) is -0.178. The molecule has 0 spiro atoms. The Morgan fingerprint density at radius 1 is 1.25 bits per heavy atom. The minimum atomic E-state index is 0.612. The monoisotopic (exact) mass is 164 g/mol. The molecule has 0 radical (unpaired) electrons. The average Bonchev–Trinajstić information content (AvgIpc) is 2.63. The number of rotatable bonds is 2. The number of aryl methyl sites for hydroxylation is 1. The highest BCUT2D eigenvalue weighted by atomic mass is 15.2. The maximum absolute atomic E-state index is 3.90. The van der Waals surface area contributed by atoms with E-state index in [1.54, 1.807) is 6.33 Å². The fourth-order valence-corrected chi connectivity index (χ4v) is 0.950. The summed E-state index contributed by atoms with van der Waals surface area (Å²) in [5.41, 5.74) is 0. The van der Waals surface area contributed by atoms with Crippen LogP contribution in [0.5, 0.6) is 0 Å². The summed E-state index contributed by atoms with van der Waals surface area (Å²) in [5, 5.41) is 15.2. The molecule has 0 fully saturated rings. The molecule has 0 aliphatic rings. The topological polar surface area (TPSA) is 83.1 Å². The van der Waals surface area contributed by atoms with Crippen molar-refractivity contribution in [2.45, 2.75) is 13.3 Å². The first-order valence-electron chi connectivity index (χ1n) is 3.57. The van der Waals surface area contributed by atoms with Gasteiger partial charge in [-0.1, -0.05) is 0 Å². The van der Waals surface area contributed by atoms with E-state index in [4.69, 9.17) is 0 Å². The second-order valence-electron chi connectivity index (χ2n) is 2.47. The van der Waals surface area contributed by atoms with E-state index in [2.05, 4.69) is 30.4 Å². The second kappa shape index (κ2) is 2.72. The third-order valence-electron chi connectivity index (χ3n) is 1.45. The van der Waals surface area contributed by atoms with Crippen molar-refractivity contribution in [2.24, 2.45) is 0 Å². The van der Waals surface area contributed by atoms with E-state index < -0.39 is 0 Å². The van der Waals surface area contributed by atoms with Crippen LogP contribution < -0.4 is 0 Å². The molecule has 2 aromatic rings. The lowest BCUT2D eigenvalue weighted by Crippen LogP contribution is -1.93. The number of nitrogens with zero attached hydrogens (tertiary/aromatic N) is 4. The molecule has 0 saturated heterocycles. The zero-order valence-corrected chi connectivity index (χ0v) is 6.57. The van der Waals surface area contributed by atoms with Gasteiger partial charge in [-0.3, -0.25) is 0 Å². The smallest absolute Gasteiger partial charge is 0.138 e. The molecule has 2 heterocycles. The van der Waals surface area contributed by atoms with Crippen LogP contribution >= 0.6 is 0 Å². The highest BCUT2D eigenvalue weighted by Crippen LogP contribution is 1.97. The molecule has 0 aliphatic heterocycles. The van der Waals surface area contributed by atoms with E-state index >= 15 is 0 Å². The lowest BCUT2D eigenvalue weighted by molar-refractivity contribution is 0.899. The van der Waals surface area contributed by atoms with Gasteiger partial charge in [-0.2, -0.15) is 0 Å². The summed E-state index contributed by atoms with van der Waals surface area (Å²) < 4.78 is 0. The quantitative estimate of drug-likeness (QED) is 0.645. The van der Waals surface area contributed by atoms with Crippen LogP contribution in [0.3, 0.4) is 0 Å². The molecule has 62 valence electrons. The summed E-state index contributed by atoms with van der Waals surface area (Å²) in [6.45, 7) is 1.86. The van der Waals surface area contributed by atoms with Crippen LogP contribution in [0.15, 0.2) is 6.33 Å². The Hall–Kier alpha value is -1.72. The Balaban J connectivity index is 2.14. The number of hydrogen-bond donors (Lipinski definition) is 2. The van der Waals surface area contributed by atoms with Crippen molar-refractivity contribution in [3.8, 4) is 0 Å². The molecule has 6 nitrogen and oxygen atoms in total. The minimum Gasteiger partial charge on any atom is -0.331 e. The number of aromatic nitrogens is 6. The van der Waals surface area contributed by atoms with Crippen LogP contribution in [-0.2, 0) is 6.42 Å². The van der Waals surface area contributed by atoms with E-state index in [1.165, 1.54) is 0 Å². The van der Waals surface area contributed by atoms with E-state index in [1.807, 2.05) is 6.92 Å². The fraction of sp³-hybridized carbons (Fsp3) is 0.333. The van der Waals surface area contributed by atoms with Crippen molar-refractivity contribution in [3.05, 3.63) is 23.8 Å². The number of hydrogen-bond acceptors (Lipinski definition) is 4. The fourth-order valence-electron chi connectivity index (χ4n) is 0.950. The Morgan fingerprint density at radius 3 is 2.75 bits per heavy atom. The molecule has 6 heteroatoms. The molecular formula is C6H8N6. The van der Waals surface area contributed by atoms with Crippen molar-refractivity contribution in [1.82, 2.24) is 30.4 Å². The lowest BCUT2D eigenvalue weighted by Gasteiger charge is -1.87. The normalized spacial score (nSPS) is 10.4. The van der Waals surface area contributed by atoms with Crippen molar-refractivity contribution < 1.29 is 0 Å². The summed E-state index contributed by atoms with van der Waals surface area (Å²) in [7, 11) is 0. The Labute approximate surface area is 68.5 Å². The molecule has 0 atom stereocenters. The minimum absolute atomic E-state index is 0.612. The molecule has 12 heavy (non-hydrogen) atoms. The summed E-state index contributed by atoms with van der Waals surface area (Å²) in [5.74, 6) is 2.39. The van der Waals surface area contributed by atoms with Gasteiger partial charge in [0.05, 0.1) is 6.42 Å². The van der Waals surface area contributed by atoms with Crippen LogP contribution in [0.2, 0.25) is 0 Å². The van der Waals surface area contributed by atoms with Gasteiger partial charge < -0.3 is 9.97 Å². The first-order valence-corrected chi connectivity index (χ1v) is 3.57. The zero-order valence-electron chi connectivity index (χ0n) is 6.57. The second-order valence-corrected chi connectivity index (χ2v) is 2.47. The number of aromatic amines is 2. The van der Waals surface area contributed by atoms with Crippen molar-refractivity contribution in [1.29, 1.82) is 0 Å². The van der Waals surface area contributed by atoms with Gasteiger partial charge >= 0.3 is 0 Å². The molecule has 0 bridgehead atoms. The van der Waals surface area contributed by atoms with Crippen LogP contribution in [0.1, 0.15) is 17.5 Å². The van der Waals surface area contributed by atoms with Gasteiger partial charge in [-0.05, 0) is 6.92 Å². The third kappa shape index (κ3) is 1.31. The van der Waals surface area contributed by atoms with Gasteiger partial charge in [0.2, 0.25) is 0 Å². The first kappa shape index (κ1) is 6.96. The van der Waals surface area contributed by atoms with E-state index in [9.17, 15) is 0 Å². The van der Waals surface area contributed by atoms with Crippen LogP contribution in [0.25, 0.3) is 0 Å². The van der Waals surface area contributed by atoms with E-state index in [0.29, 0.717) is 6.42 Å². The molecule has 0 amide bonds. The standard InChI is InChI=1S/C6H8N6/c1-4-9-6(12-10-4)2-5-7-3-8-11-5/h3H,2H2,1H3,(H,7,8,11)(H,9,10,12). The number of nitrogens with one attached hydrogen (secondary N) is 2. The third-order valence-corrected chi connectivity index (χ3v) is 1.45. The summed E-state index contributed by atoms with van der Waals surface area (Å²) in [6, 6.07) is 0. The first-order chi connectivity index (χ1) is 5.84. The molecule has 0 saturated carbocycles. The van der Waals surface area contributed by atoms with Gasteiger partial charge in [0.15, 0.2) is 0 Å². The van der Waals surface area contributed by atoms with Gasteiger partial charge in [0.25, 0.3) is 0 Å². The molecule has 0 aliphatic carbocycles. The largest absolute Gasteiger partial charge is 0.331 e. The highest BCUT2D eigenvalue weighted by molar-refractivity contribution is 4.97. The van der Waals surface area contributed by atoms with Gasteiger partial charge in [0, 0.05) is 0 Å². The number of H-pyrrole nitrogens is 2. The van der Waals surface area contributed by atoms with E-state index in [-0.39, 0.29) is 0 Å². The lowest BCUT2D eigenvalue weighted by atomic mass is 10.4. The molecule has 0 unspecified atom stereocenters. The van der Waals surface area contributed by atoms with Crippen LogP contribution in [0.4, 0.5) is 0 Å². The molecule has 2 N–H and O–H groups in total. The summed E-state index contributed by atoms with van der Waals surface area (Å²) in [4.78, 5) is 5.89. The van der Waals surface area contributed by atoms with Gasteiger partial charge in [-0.15, -0.1) is 20.4 Å².